The standard InChI is InChI=1S/C25H31N3O/c1-3-15-27-16-13-25(14-17-27)28-23(21-7-5-6-8-24(21)29-25)18-22(26-28)20-11-9-19(4-2)10-12-20/h5-12,23H,3-4,13-18H2,1-2H3/t23-/m0/s1. The number of nitrogens with zero attached hydrogens (tertiary/aromatic N) is 3. The summed E-state index contributed by atoms with van der Waals surface area (Å²) in [5.41, 5.74) is 4.77. The number of benzene rings is 2. The number of hydrazone groups is 1. The molecule has 0 saturated carbocycles. The Morgan fingerprint density at radius 2 is 1.79 bits per heavy atom. The maximum atomic E-state index is 6.71. The molecule has 0 bridgehead atoms. The quantitative estimate of drug-likeness (QED) is 0.737. The second kappa shape index (κ2) is 7.49. The van der Waals surface area contributed by atoms with Crippen LogP contribution in [-0.4, -0.2) is 41.0 Å². The van der Waals surface area contributed by atoms with Crippen molar-refractivity contribution in [3.05, 3.63) is 65.2 Å². The molecule has 152 valence electrons. The molecule has 4 heteroatoms. The minimum absolute atomic E-state index is 0.276. The first-order valence-electron chi connectivity index (χ1n) is 11.2. The van der Waals surface area contributed by atoms with Gasteiger partial charge >= 0.3 is 0 Å². The van der Waals surface area contributed by atoms with Crippen LogP contribution >= 0.6 is 0 Å². The summed E-state index contributed by atoms with van der Waals surface area (Å²) in [5.74, 6) is 1.05. The van der Waals surface area contributed by atoms with E-state index in [-0.39, 0.29) is 11.8 Å². The van der Waals surface area contributed by atoms with Crippen LogP contribution < -0.4 is 4.74 Å². The normalized spacial score (nSPS) is 22.8. The molecule has 0 aliphatic carbocycles. The summed E-state index contributed by atoms with van der Waals surface area (Å²) in [4.78, 5) is 2.56. The van der Waals surface area contributed by atoms with E-state index in [4.69, 9.17) is 9.84 Å². The van der Waals surface area contributed by atoms with Crippen molar-refractivity contribution >= 4 is 5.71 Å². The molecular weight excluding hydrogens is 358 g/mol. The number of likely N-dealkylation sites (tertiary alicyclic amines) is 1. The van der Waals surface area contributed by atoms with Crippen molar-refractivity contribution in [2.24, 2.45) is 5.10 Å². The van der Waals surface area contributed by atoms with Gasteiger partial charge in [-0.15, -0.1) is 0 Å². The second-order valence-corrected chi connectivity index (χ2v) is 8.59. The van der Waals surface area contributed by atoms with Crippen LogP contribution in [0.25, 0.3) is 0 Å². The highest BCUT2D eigenvalue weighted by atomic mass is 16.5. The van der Waals surface area contributed by atoms with Crippen LogP contribution in [-0.2, 0) is 6.42 Å². The van der Waals surface area contributed by atoms with E-state index in [1.807, 2.05) is 0 Å². The molecule has 1 fully saturated rings. The number of fused-ring (bicyclic) bond motifs is 4. The Balaban J connectivity index is 1.49. The van der Waals surface area contributed by atoms with E-state index in [2.05, 4.69) is 72.3 Å². The third-order valence-electron chi connectivity index (χ3n) is 6.78. The van der Waals surface area contributed by atoms with Crippen molar-refractivity contribution in [3.8, 4) is 5.75 Å². The average molecular weight is 390 g/mol. The molecule has 0 radical (unpaired) electrons. The molecule has 1 atom stereocenters. The molecule has 1 saturated heterocycles. The first-order valence-corrected chi connectivity index (χ1v) is 11.2. The van der Waals surface area contributed by atoms with Gasteiger partial charge in [-0.05, 0) is 36.6 Å². The highest BCUT2D eigenvalue weighted by Gasteiger charge is 2.51. The van der Waals surface area contributed by atoms with E-state index in [1.54, 1.807) is 0 Å². The highest BCUT2D eigenvalue weighted by molar-refractivity contribution is 6.02. The first-order chi connectivity index (χ1) is 14.2. The molecule has 29 heavy (non-hydrogen) atoms. The summed E-state index contributed by atoms with van der Waals surface area (Å²) in [6, 6.07) is 17.8. The third kappa shape index (κ3) is 3.24. The van der Waals surface area contributed by atoms with E-state index in [0.29, 0.717) is 0 Å². The summed E-state index contributed by atoms with van der Waals surface area (Å²) >= 11 is 0. The van der Waals surface area contributed by atoms with Crippen LogP contribution in [0.2, 0.25) is 0 Å². The van der Waals surface area contributed by atoms with Crippen molar-refractivity contribution in [2.75, 3.05) is 19.6 Å². The zero-order chi connectivity index (χ0) is 19.8. The fourth-order valence-electron chi connectivity index (χ4n) is 5.11. The molecule has 3 aliphatic rings. The zero-order valence-corrected chi connectivity index (χ0v) is 17.6. The molecule has 0 aromatic heterocycles. The number of hydrogen-bond donors (Lipinski definition) is 0. The molecule has 3 heterocycles. The molecule has 0 amide bonds. The third-order valence-corrected chi connectivity index (χ3v) is 6.78. The summed E-state index contributed by atoms with van der Waals surface area (Å²) < 4.78 is 6.71. The number of hydrogen-bond acceptors (Lipinski definition) is 4. The van der Waals surface area contributed by atoms with Crippen LogP contribution in [0, 0.1) is 0 Å². The van der Waals surface area contributed by atoms with Crippen LogP contribution in [0.3, 0.4) is 0 Å². The van der Waals surface area contributed by atoms with Gasteiger partial charge in [0.1, 0.15) is 5.75 Å². The van der Waals surface area contributed by atoms with Gasteiger partial charge in [0.2, 0.25) is 5.72 Å². The summed E-state index contributed by atoms with van der Waals surface area (Å²) in [5, 5.41) is 7.51. The fraction of sp³-hybridized carbons (Fsp3) is 0.480. The number of aryl methyl sites for hydroxylation is 1. The van der Waals surface area contributed by atoms with E-state index in [1.165, 1.54) is 35.4 Å². The van der Waals surface area contributed by atoms with Crippen molar-refractivity contribution < 1.29 is 4.74 Å². The molecule has 5 rings (SSSR count). The Morgan fingerprint density at radius 1 is 1.03 bits per heavy atom. The van der Waals surface area contributed by atoms with Crippen LogP contribution in [0.4, 0.5) is 0 Å². The zero-order valence-electron chi connectivity index (χ0n) is 17.6. The maximum Gasteiger partial charge on any atom is 0.200 e. The Labute approximate surface area is 174 Å². The van der Waals surface area contributed by atoms with Gasteiger partial charge < -0.3 is 9.64 Å². The molecule has 4 nitrogen and oxygen atoms in total. The lowest BCUT2D eigenvalue weighted by Gasteiger charge is -2.51. The highest BCUT2D eigenvalue weighted by Crippen LogP contribution is 2.49. The number of piperidine rings is 1. The van der Waals surface area contributed by atoms with Gasteiger partial charge in [-0.1, -0.05) is 56.3 Å². The minimum Gasteiger partial charge on any atom is -0.466 e. The summed E-state index contributed by atoms with van der Waals surface area (Å²) in [6.45, 7) is 7.79. The number of rotatable bonds is 4. The fourth-order valence-corrected chi connectivity index (χ4v) is 5.11. The Hall–Kier alpha value is -2.33. The molecule has 0 unspecified atom stereocenters. The molecule has 2 aromatic rings. The summed E-state index contributed by atoms with van der Waals surface area (Å²) in [7, 11) is 0. The topological polar surface area (TPSA) is 28.1 Å². The van der Waals surface area contributed by atoms with Crippen molar-refractivity contribution in [2.45, 2.75) is 57.7 Å². The van der Waals surface area contributed by atoms with Gasteiger partial charge in [0, 0.05) is 37.9 Å². The van der Waals surface area contributed by atoms with Gasteiger partial charge in [-0.2, -0.15) is 5.10 Å². The smallest absolute Gasteiger partial charge is 0.200 e. The Morgan fingerprint density at radius 3 is 2.52 bits per heavy atom. The molecule has 2 aromatic carbocycles. The molecular formula is C25H31N3O. The number of ether oxygens (including phenoxy) is 1. The lowest BCUT2D eigenvalue weighted by molar-refractivity contribution is -0.149. The monoisotopic (exact) mass is 389 g/mol. The summed E-state index contributed by atoms with van der Waals surface area (Å²) in [6.07, 6.45) is 5.23. The van der Waals surface area contributed by atoms with E-state index in [0.717, 1.165) is 44.5 Å². The maximum absolute atomic E-state index is 6.71. The first kappa shape index (κ1) is 18.7. The van der Waals surface area contributed by atoms with Crippen molar-refractivity contribution in [3.63, 3.8) is 0 Å². The lowest BCUT2D eigenvalue weighted by atomic mass is 9.90. The van der Waals surface area contributed by atoms with Crippen molar-refractivity contribution in [1.29, 1.82) is 0 Å². The predicted molar refractivity (Wildman–Crippen MR) is 117 cm³/mol. The van der Waals surface area contributed by atoms with Gasteiger partial charge in [-0.3, -0.25) is 0 Å². The Kier molecular flexibility index (Phi) is 4.83. The SMILES string of the molecule is CCCN1CCC2(CC1)Oc1ccccc1[C@@H]1CC(c3ccc(CC)cc3)=NN12. The van der Waals surface area contributed by atoms with E-state index < -0.39 is 0 Å². The average Bonchev–Trinajstić information content (AvgIpc) is 3.23. The number of para-hydroxylation sites is 1. The second-order valence-electron chi connectivity index (χ2n) is 8.59. The van der Waals surface area contributed by atoms with Gasteiger partial charge in [0.05, 0.1) is 11.8 Å². The lowest BCUT2D eigenvalue weighted by Crippen LogP contribution is -2.59. The van der Waals surface area contributed by atoms with Gasteiger partial charge in [0.15, 0.2) is 0 Å². The van der Waals surface area contributed by atoms with Gasteiger partial charge in [-0.25, -0.2) is 5.01 Å². The van der Waals surface area contributed by atoms with Crippen LogP contribution in [0.5, 0.6) is 5.75 Å². The van der Waals surface area contributed by atoms with E-state index in [9.17, 15) is 0 Å². The van der Waals surface area contributed by atoms with Crippen LogP contribution in [0.1, 0.15) is 62.3 Å². The van der Waals surface area contributed by atoms with Gasteiger partial charge in [0.25, 0.3) is 0 Å². The van der Waals surface area contributed by atoms with E-state index >= 15 is 0 Å². The largest absolute Gasteiger partial charge is 0.466 e. The Bertz CT molecular complexity index is 897. The minimum atomic E-state index is -0.311. The van der Waals surface area contributed by atoms with Crippen LogP contribution in [0.15, 0.2) is 53.6 Å². The van der Waals surface area contributed by atoms with Crippen molar-refractivity contribution in [1.82, 2.24) is 9.91 Å². The molecule has 0 N–H and O–H groups in total. The molecule has 1 spiro atoms. The predicted octanol–water partition coefficient (Wildman–Crippen LogP) is 4.99. The molecule has 3 aliphatic heterocycles.